The van der Waals surface area contributed by atoms with Gasteiger partial charge < -0.3 is 4.90 Å². The summed E-state index contributed by atoms with van der Waals surface area (Å²) in [6.45, 7) is 17.6. The number of anilines is 2. The Morgan fingerprint density at radius 2 is 1.11 bits per heavy atom. The van der Waals surface area contributed by atoms with Crippen molar-refractivity contribution in [1.82, 2.24) is 18.8 Å². The van der Waals surface area contributed by atoms with Gasteiger partial charge in [0.2, 0.25) is 25.7 Å². The quantitative estimate of drug-likeness (QED) is 0.0725. The lowest BCUT2D eigenvalue weighted by molar-refractivity contribution is -0.123. The van der Waals surface area contributed by atoms with E-state index < -0.39 is 49.1 Å². The number of sulfonamides is 2. The number of halogens is 2. The summed E-state index contributed by atoms with van der Waals surface area (Å²) in [7, 11) is -7.30. The number of rotatable bonds is 16. The maximum Gasteiger partial charge on any atom is 0.332 e. The number of nitrogens with zero attached hydrogens (tertiary/aromatic N) is 7. The second-order valence-electron chi connectivity index (χ2n) is 18.3. The third kappa shape index (κ3) is 13.8. The molecule has 0 aliphatic carbocycles. The molecule has 20 heteroatoms. The van der Waals surface area contributed by atoms with Crippen LogP contribution in [-0.4, -0.2) is 77.6 Å². The van der Waals surface area contributed by atoms with Gasteiger partial charge in [-0.3, -0.25) is 19.8 Å². The monoisotopic (exact) mass is 1100 g/mol. The molecule has 6 aromatic carbocycles. The van der Waals surface area contributed by atoms with Crippen LogP contribution in [-0.2, 0) is 55.8 Å². The normalized spacial score (nSPS) is 14.8. The van der Waals surface area contributed by atoms with Crippen molar-refractivity contribution in [1.29, 1.82) is 5.26 Å². The van der Waals surface area contributed by atoms with Gasteiger partial charge in [-0.05, 0) is 80.3 Å². The maximum absolute atomic E-state index is 13.6. The Bertz CT molecular complexity index is 3330. The lowest BCUT2D eigenvalue weighted by Gasteiger charge is -2.29. The molecule has 2 heterocycles. The topological polar surface area (TPSA) is 193 Å². The average molecular weight is 1100 g/mol. The summed E-state index contributed by atoms with van der Waals surface area (Å²) in [6, 6.07) is 47.4. The second kappa shape index (κ2) is 24.8. The Hall–Kier alpha value is -7.68. The first-order chi connectivity index (χ1) is 36.0. The van der Waals surface area contributed by atoms with Crippen molar-refractivity contribution in [2.75, 3.05) is 22.1 Å². The molecule has 392 valence electrons. The molecule has 0 radical (unpaired) electrons. The van der Waals surface area contributed by atoms with Crippen molar-refractivity contribution >= 4 is 84.2 Å². The SMILES string of the molecule is C=CS(=O)(=O)N(Cc1ccccc1)Cc1ccccc1.CC1(C)C(=O)N(c2ccc(C#N)c(Cl)c2)C(=O)N1CCS(=O)(=O)N(Cc1ccccc1)Cc1ccccc1.[C-]#[N+]c1ccc(N2C(=O)NC(=O)C2(C)C)cc1Cl. The van der Waals surface area contributed by atoms with Crippen molar-refractivity contribution in [3.05, 3.63) is 219 Å². The highest BCUT2D eigenvalue weighted by molar-refractivity contribution is 7.92. The van der Waals surface area contributed by atoms with E-state index in [2.05, 4.69) is 16.7 Å². The summed E-state index contributed by atoms with van der Waals surface area (Å²) >= 11 is 12.1. The predicted octanol–water partition coefficient (Wildman–Crippen LogP) is 10.7. The minimum Gasteiger partial charge on any atom is -0.309 e. The highest BCUT2D eigenvalue weighted by Crippen LogP contribution is 2.36. The lowest BCUT2D eigenvalue weighted by atomic mass is 10.0. The van der Waals surface area contributed by atoms with Gasteiger partial charge in [-0.25, -0.2) is 36.2 Å². The molecule has 2 aliphatic rings. The summed E-state index contributed by atoms with van der Waals surface area (Å²) in [6.07, 6.45) is 0. The minimum atomic E-state index is -3.84. The van der Waals surface area contributed by atoms with Gasteiger partial charge in [0.05, 0.1) is 28.6 Å². The molecule has 8 rings (SSSR count). The third-order valence-electron chi connectivity index (χ3n) is 12.3. The zero-order chi connectivity index (χ0) is 55.4. The summed E-state index contributed by atoms with van der Waals surface area (Å²) in [5, 5.41) is 12.7. The number of benzene rings is 6. The fourth-order valence-electron chi connectivity index (χ4n) is 8.08. The molecule has 16 nitrogen and oxygen atoms in total. The van der Waals surface area contributed by atoms with Crippen LogP contribution < -0.4 is 15.1 Å². The van der Waals surface area contributed by atoms with E-state index in [0.717, 1.165) is 32.6 Å². The summed E-state index contributed by atoms with van der Waals surface area (Å²) in [4.78, 5) is 56.8. The van der Waals surface area contributed by atoms with E-state index in [-0.39, 0.29) is 52.6 Å². The van der Waals surface area contributed by atoms with Gasteiger partial charge in [-0.15, -0.1) is 0 Å². The summed E-state index contributed by atoms with van der Waals surface area (Å²) in [5.74, 6) is -1.24. The van der Waals surface area contributed by atoms with Crippen molar-refractivity contribution in [3.8, 4) is 6.07 Å². The zero-order valence-corrected chi connectivity index (χ0v) is 45.2. The van der Waals surface area contributed by atoms with Crippen LogP contribution in [0.3, 0.4) is 0 Å². The lowest BCUT2D eigenvalue weighted by Crippen LogP contribution is -2.47. The van der Waals surface area contributed by atoms with E-state index in [1.54, 1.807) is 33.8 Å². The summed E-state index contributed by atoms with van der Waals surface area (Å²) in [5.41, 5.74) is 2.56. The van der Waals surface area contributed by atoms with E-state index in [1.165, 1.54) is 48.7 Å². The van der Waals surface area contributed by atoms with Gasteiger partial charge in [-0.1, -0.05) is 157 Å². The van der Waals surface area contributed by atoms with Crippen molar-refractivity contribution < 1.29 is 36.0 Å². The number of hydrogen-bond acceptors (Lipinski definition) is 9. The van der Waals surface area contributed by atoms with E-state index in [1.807, 2.05) is 127 Å². The molecule has 0 spiro atoms. The highest BCUT2D eigenvalue weighted by atomic mass is 35.5. The molecule has 1 N–H and O–H groups in total. The third-order valence-corrected chi connectivity index (χ3v) is 16.1. The van der Waals surface area contributed by atoms with E-state index in [0.29, 0.717) is 24.5 Å². The van der Waals surface area contributed by atoms with Crippen LogP contribution in [0.2, 0.25) is 10.0 Å². The molecule has 6 aromatic rings. The molecule has 0 atom stereocenters. The van der Waals surface area contributed by atoms with Crippen LogP contribution in [0.1, 0.15) is 55.5 Å². The Labute approximate surface area is 453 Å². The Kier molecular flexibility index (Phi) is 18.8. The number of nitriles is 1. The van der Waals surface area contributed by atoms with Gasteiger partial charge >= 0.3 is 12.1 Å². The van der Waals surface area contributed by atoms with Crippen molar-refractivity contribution in [2.24, 2.45) is 0 Å². The predicted molar refractivity (Wildman–Crippen MR) is 295 cm³/mol. The highest BCUT2D eigenvalue weighted by Gasteiger charge is 2.52. The minimum absolute atomic E-state index is 0.113. The van der Waals surface area contributed by atoms with Crippen LogP contribution in [0.25, 0.3) is 4.85 Å². The van der Waals surface area contributed by atoms with Gasteiger partial charge in [-0.2, -0.15) is 13.9 Å². The Balaban J connectivity index is 0.000000206. The molecule has 0 bridgehead atoms. The zero-order valence-electron chi connectivity index (χ0n) is 42.0. The Morgan fingerprint density at radius 3 is 1.50 bits per heavy atom. The van der Waals surface area contributed by atoms with Gasteiger partial charge in [0, 0.05) is 48.8 Å². The van der Waals surface area contributed by atoms with Crippen LogP contribution in [0, 0.1) is 17.9 Å². The molecule has 2 saturated heterocycles. The van der Waals surface area contributed by atoms with Gasteiger partial charge in [0.1, 0.15) is 17.1 Å². The number of imide groups is 2. The molecular formula is C56H54Cl2N8O8S2. The van der Waals surface area contributed by atoms with Crippen molar-refractivity contribution in [3.63, 3.8) is 0 Å². The van der Waals surface area contributed by atoms with Crippen LogP contribution in [0.5, 0.6) is 0 Å². The molecule has 76 heavy (non-hydrogen) atoms. The number of carbonyl (C=O) groups is 4. The smallest absolute Gasteiger partial charge is 0.309 e. The van der Waals surface area contributed by atoms with Crippen LogP contribution >= 0.6 is 23.2 Å². The largest absolute Gasteiger partial charge is 0.332 e. The van der Waals surface area contributed by atoms with Gasteiger partial charge in [0.15, 0.2) is 0 Å². The molecule has 0 aromatic heterocycles. The molecule has 0 unspecified atom stereocenters. The number of hydrogen-bond donors (Lipinski definition) is 1. The molecule has 2 aliphatic heterocycles. The Morgan fingerprint density at radius 1 is 0.658 bits per heavy atom. The maximum atomic E-state index is 13.6. The first-order valence-electron chi connectivity index (χ1n) is 23.5. The van der Waals surface area contributed by atoms with Crippen molar-refractivity contribution in [2.45, 2.75) is 65.0 Å². The molecule has 2 fully saturated rings. The number of carbonyl (C=O) groups excluding carboxylic acids is 4. The first-order valence-corrected chi connectivity index (χ1v) is 27.4. The number of amides is 6. The summed E-state index contributed by atoms with van der Waals surface area (Å²) < 4.78 is 54.3. The first kappa shape index (κ1) is 57.6. The molecular weight excluding hydrogens is 1050 g/mol. The fraction of sp³-hybridized carbons (Fsp3) is 0.214. The van der Waals surface area contributed by atoms with Crippen LogP contribution in [0.4, 0.5) is 26.7 Å². The van der Waals surface area contributed by atoms with E-state index in [4.69, 9.17) is 35.0 Å². The van der Waals surface area contributed by atoms with Crippen LogP contribution in [0.15, 0.2) is 170 Å². The molecule has 6 amide bonds. The standard InChI is InChI=1S/C28H27ClN4O4S.C16H17NO2S.C12H10ClN3O2/c1-28(2)26(34)33(24-14-13-23(18-30)25(29)17-24)27(35)32(28)15-16-38(36,37)31(19-21-9-5-3-6-10-21)20-22-11-7-4-8-12-22;1-2-20(18,19)17(13-15-9-5-3-6-10-15)14-16-11-7-4-8-12-16;1-12(2)10(17)15-11(18)16(12)7-4-5-9(14-3)8(13)6-7/h3-14,17H,15-16,19-20H2,1-2H3;2-12H,1,13-14H2;4-6H,1-2H3,(H,15,17,18). The van der Waals surface area contributed by atoms with E-state index in [9.17, 15) is 36.0 Å². The average Bonchev–Trinajstić information content (AvgIpc) is 3.75. The fourth-order valence-corrected chi connectivity index (χ4v) is 10.7. The van der Waals surface area contributed by atoms with E-state index >= 15 is 0 Å². The number of nitrogens with one attached hydrogen (secondary N) is 1. The van der Waals surface area contributed by atoms with Gasteiger partial charge in [0.25, 0.3) is 11.8 Å². The molecule has 0 saturated carbocycles. The number of urea groups is 2. The second-order valence-corrected chi connectivity index (χ2v) is 23.1.